The van der Waals surface area contributed by atoms with Crippen LogP contribution in [0.5, 0.6) is 0 Å². The van der Waals surface area contributed by atoms with Crippen LogP contribution in [-0.2, 0) is 7.05 Å². The van der Waals surface area contributed by atoms with Gasteiger partial charge in [0, 0.05) is 51.2 Å². The Kier molecular flexibility index (Phi) is 5.98. The van der Waals surface area contributed by atoms with E-state index in [2.05, 4.69) is 15.1 Å². The first-order chi connectivity index (χ1) is 16.9. The molecule has 1 aliphatic rings. The van der Waals surface area contributed by atoms with Crippen LogP contribution in [-0.4, -0.2) is 56.2 Å². The van der Waals surface area contributed by atoms with Crippen molar-refractivity contribution in [3.63, 3.8) is 0 Å². The van der Waals surface area contributed by atoms with Gasteiger partial charge < -0.3 is 9.80 Å². The van der Waals surface area contributed by atoms with Crippen LogP contribution < -0.4 is 4.90 Å². The van der Waals surface area contributed by atoms with E-state index in [1.54, 1.807) is 29.2 Å². The molecule has 35 heavy (non-hydrogen) atoms. The van der Waals surface area contributed by atoms with Crippen LogP contribution in [0.3, 0.4) is 0 Å². The number of nitrogens with zero attached hydrogens (tertiary/aromatic N) is 7. The highest BCUT2D eigenvalue weighted by Gasteiger charge is 2.34. The molecule has 0 saturated carbocycles. The molecule has 1 atom stereocenters. The second kappa shape index (κ2) is 9.25. The second-order valence-electron chi connectivity index (χ2n) is 8.84. The number of amides is 1. The number of likely N-dealkylation sites (tertiary alicyclic amines) is 1. The average Bonchev–Trinajstić information content (AvgIpc) is 3.52. The lowest BCUT2D eigenvalue weighted by molar-refractivity contribution is 0.0727. The van der Waals surface area contributed by atoms with Crippen LogP contribution in [0.2, 0.25) is 0 Å². The molecule has 4 aromatic rings. The van der Waals surface area contributed by atoms with Crippen molar-refractivity contribution in [3.8, 4) is 22.4 Å². The van der Waals surface area contributed by atoms with Crippen LogP contribution in [0.4, 0.5) is 10.3 Å². The van der Waals surface area contributed by atoms with E-state index in [4.69, 9.17) is 4.98 Å². The Bertz CT molecular complexity index is 1380. The van der Waals surface area contributed by atoms with Gasteiger partial charge in [-0.2, -0.15) is 5.10 Å². The topological polar surface area (TPSA) is 80.0 Å². The number of carbonyl (C=O) groups is 1. The fourth-order valence-electron chi connectivity index (χ4n) is 4.44. The summed E-state index contributed by atoms with van der Waals surface area (Å²) in [5.41, 5.74) is 4.02. The summed E-state index contributed by atoms with van der Waals surface area (Å²) in [4.78, 5) is 31.2. The van der Waals surface area contributed by atoms with Crippen LogP contribution in [0.1, 0.15) is 35.1 Å². The Balaban J connectivity index is 1.53. The van der Waals surface area contributed by atoms with Crippen molar-refractivity contribution in [2.45, 2.75) is 18.9 Å². The molecule has 1 aliphatic heterocycles. The minimum atomic E-state index is -0.332. The highest BCUT2D eigenvalue weighted by atomic mass is 19.1. The Morgan fingerprint density at radius 1 is 1.09 bits per heavy atom. The molecular formula is C26H26FN7O. The summed E-state index contributed by atoms with van der Waals surface area (Å²) in [5.74, 6) is 0.0468. The maximum absolute atomic E-state index is 14.0. The van der Waals surface area contributed by atoms with E-state index in [1.165, 1.54) is 12.1 Å². The van der Waals surface area contributed by atoms with E-state index < -0.39 is 0 Å². The molecule has 1 fully saturated rings. The third kappa shape index (κ3) is 4.49. The number of halogens is 1. The van der Waals surface area contributed by atoms with Crippen molar-refractivity contribution in [2.24, 2.45) is 7.05 Å². The van der Waals surface area contributed by atoms with E-state index in [0.717, 1.165) is 24.0 Å². The number of hydrogen-bond acceptors (Lipinski definition) is 6. The predicted octanol–water partition coefficient (Wildman–Crippen LogP) is 4.12. The monoisotopic (exact) mass is 471 g/mol. The Morgan fingerprint density at radius 3 is 2.66 bits per heavy atom. The Labute approximate surface area is 203 Å². The van der Waals surface area contributed by atoms with Gasteiger partial charge in [-0.15, -0.1) is 0 Å². The Hall–Kier alpha value is -4.14. The number of aryl methyl sites for hydroxylation is 1. The second-order valence-corrected chi connectivity index (χ2v) is 8.84. The summed E-state index contributed by atoms with van der Waals surface area (Å²) in [7, 11) is 5.58. The van der Waals surface area contributed by atoms with Gasteiger partial charge >= 0.3 is 0 Å². The zero-order valence-electron chi connectivity index (χ0n) is 19.9. The fourth-order valence-corrected chi connectivity index (χ4v) is 4.44. The molecule has 1 amide bonds. The molecule has 1 aromatic carbocycles. The number of anilines is 1. The first kappa shape index (κ1) is 22.6. The van der Waals surface area contributed by atoms with Gasteiger partial charge in [0.05, 0.1) is 23.6 Å². The van der Waals surface area contributed by atoms with Gasteiger partial charge in [0.2, 0.25) is 5.95 Å². The number of pyridine rings is 1. The van der Waals surface area contributed by atoms with Crippen molar-refractivity contribution in [1.82, 2.24) is 29.6 Å². The Morgan fingerprint density at radius 2 is 1.91 bits per heavy atom. The highest BCUT2D eigenvalue weighted by Crippen LogP contribution is 2.38. The van der Waals surface area contributed by atoms with Crippen molar-refractivity contribution >= 4 is 11.9 Å². The number of hydrogen-bond donors (Lipinski definition) is 0. The number of benzene rings is 1. The number of carbonyl (C=O) groups excluding carboxylic acids is 1. The predicted molar refractivity (Wildman–Crippen MR) is 131 cm³/mol. The lowest BCUT2D eigenvalue weighted by Gasteiger charge is -2.26. The summed E-state index contributed by atoms with van der Waals surface area (Å²) in [6.07, 6.45) is 6.89. The van der Waals surface area contributed by atoms with Gasteiger partial charge in [0.15, 0.2) is 0 Å². The quantitative estimate of drug-likeness (QED) is 0.436. The molecule has 1 saturated heterocycles. The van der Waals surface area contributed by atoms with Crippen molar-refractivity contribution in [3.05, 3.63) is 78.3 Å². The molecule has 0 aliphatic carbocycles. The molecule has 0 bridgehead atoms. The van der Waals surface area contributed by atoms with Crippen LogP contribution >= 0.6 is 0 Å². The summed E-state index contributed by atoms with van der Waals surface area (Å²) in [6.45, 7) is 0.589. The van der Waals surface area contributed by atoms with Crippen LogP contribution in [0, 0.1) is 5.82 Å². The minimum absolute atomic E-state index is 0.159. The molecule has 0 unspecified atom stereocenters. The van der Waals surface area contributed by atoms with Crippen LogP contribution in [0.15, 0.2) is 61.1 Å². The zero-order valence-corrected chi connectivity index (χ0v) is 19.9. The van der Waals surface area contributed by atoms with E-state index in [1.807, 2.05) is 55.3 Å². The first-order valence-corrected chi connectivity index (χ1v) is 11.5. The third-order valence-corrected chi connectivity index (χ3v) is 6.14. The maximum atomic E-state index is 14.0. The lowest BCUT2D eigenvalue weighted by Crippen LogP contribution is -2.32. The maximum Gasteiger partial charge on any atom is 0.273 e. The molecule has 3 aromatic heterocycles. The summed E-state index contributed by atoms with van der Waals surface area (Å²) < 4.78 is 15.7. The van der Waals surface area contributed by atoms with Gasteiger partial charge in [-0.1, -0.05) is 18.2 Å². The third-order valence-electron chi connectivity index (χ3n) is 6.14. The standard InChI is InChI=1S/C26H26FN7O/c1-32(2)26-28-15-20(17-7-4-8-19(27)13-17)24(31-26)23-11-6-12-34(23)25(35)22-10-5-9-21(30-22)18-14-29-33(3)16-18/h4-5,7-10,13-16,23H,6,11-12H2,1-3H3/t23-/m1/s1. The summed E-state index contributed by atoms with van der Waals surface area (Å²) in [6, 6.07) is 11.5. The number of aromatic nitrogens is 5. The van der Waals surface area contributed by atoms with Crippen molar-refractivity contribution < 1.29 is 9.18 Å². The lowest BCUT2D eigenvalue weighted by atomic mass is 9.99. The SMILES string of the molecule is CN(C)c1ncc(-c2cccc(F)c2)c([C@H]2CCCN2C(=O)c2cccc(-c3cnn(C)c3)n2)n1. The highest BCUT2D eigenvalue weighted by molar-refractivity contribution is 5.93. The molecule has 4 heterocycles. The van der Waals surface area contributed by atoms with Gasteiger partial charge in [-0.25, -0.2) is 19.3 Å². The minimum Gasteiger partial charge on any atom is -0.347 e. The van der Waals surface area contributed by atoms with E-state index in [-0.39, 0.29) is 17.8 Å². The summed E-state index contributed by atoms with van der Waals surface area (Å²) >= 11 is 0. The molecule has 8 nitrogen and oxygen atoms in total. The molecular weight excluding hydrogens is 445 g/mol. The normalized spacial score (nSPS) is 15.4. The molecule has 9 heteroatoms. The molecule has 0 N–H and O–H groups in total. The largest absolute Gasteiger partial charge is 0.347 e. The van der Waals surface area contributed by atoms with E-state index >= 15 is 0 Å². The number of rotatable bonds is 5. The molecule has 178 valence electrons. The fraction of sp³-hybridized carbons (Fsp3) is 0.269. The molecule has 0 spiro atoms. The van der Waals surface area contributed by atoms with Crippen molar-refractivity contribution in [1.29, 1.82) is 0 Å². The van der Waals surface area contributed by atoms with E-state index in [0.29, 0.717) is 35.1 Å². The van der Waals surface area contributed by atoms with Gasteiger partial charge in [-0.3, -0.25) is 9.48 Å². The molecule has 5 rings (SSSR count). The first-order valence-electron chi connectivity index (χ1n) is 11.5. The van der Waals surface area contributed by atoms with Crippen LogP contribution in [0.25, 0.3) is 22.4 Å². The van der Waals surface area contributed by atoms with Gasteiger partial charge in [0.25, 0.3) is 5.91 Å². The smallest absolute Gasteiger partial charge is 0.273 e. The van der Waals surface area contributed by atoms with Gasteiger partial charge in [0.1, 0.15) is 11.5 Å². The molecule has 0 radical (unpaired) electrons. The van der Waals surface area contributed by atoms with Crippen molar-refractivity contribution in [2.75, 3.05) is 25.5 Å². The zero-order chi connectivity index (χ0) is 24.5. The van der Waals surface area contributed by atoms with Gasteiger partial charge in [-0.05, 0) is 42.7 Å². The summed E-state index contributed by atoms with van der Waals surface area (Å²) in [5, 5.41) is 4.20. The van der Waals surface area contributed by atoms with E-state index in [9.17, 15) is 9.18 Å². The average molecular weight is 472 g/mol.